The van der Waals surface area contributed by atoms with Crippen molar-refractivity contribution in [2.24, 2.45) is 0 Å². The average Bonchev–Trinajstić information content (AvgIpc) is 2.85. The Morgan fingerprint density at radius 1 is 1.25 bits per heavy atom. The minimum Gasteiger partial charge on any atom is -0.217 e. The Labute approximate surface area is 114 Å². The van der Waals surface area contributed by atoms with E-state index in [9.17, 15) is 17.6 Å². The molecule has 0 aliphatic carbocycles. The number of hydrogen-bond acceptors (Lipinski definition) is 3. The largest absolute Gasteiger partial charge is 0.419 e. The van der Waals surface area contributed by atoms with E-state index in [1.165, 1.54) is 28.1 Å². The summed E-state index contributed by atoms with van der Waals surface area (Å²) in [6.07, 6.45) is -3.21. The van der Waals surface area contributed by atoms with Crippen LogP contribution in [0.2, 0.25) is 0 Å². The van der Waals surface area contributed by atoms with Gasteiger partial charge in [-0.1, -0.05) is 11.3 Å². The zero-order valence-electron chi connectivity index (χ0n) is 10.1. The molecule has 0 aliphatic rings. The third-order valence-corrected chi connectivity index (χ3v) is 3.55. The van der Waals surface area contributed by atoms with Gasteiger partial charge in [-0.05, 0) is 25.1 Å². The molecule has 3 rings (SSSR count). The van der Waals surface area contributed by atoms with Gasteiger partial charge in [0.1, 0.15) is 10.8 Å². The molecule has 0 spiro atoms. The Balaban J connectivity index is 2.11. The van der Waals surface area contributed by atoms with Crippen molar-refractivity contribution >= 4 is 16.3 Å². The van der Waals surface area contributed by atoms with Crippen LogP contribution in [0.4, 0.5) is 17.6 Å². The number of aromatic nitrogens is 3. The fourth-order valence-electron chi connectivity index (χ4n) is 1.84. The lowest BCUT2D eigenvalue weighted by atomic mass is 10.1. The Hall–Kier alpha value is -1.96. The molecular formula is C12H7F4N3S. The first-order valence-corrected chi connectivity index (χ1v) is 6.36. The number of halogens is 4. The Kier molecular flexibility index (Phi) is 2.79. The number of benzene rings is 1. The van der Waals surface area contributed by atoms with Crippen molar-refractivity contribution in [3.05, 3.63) is 40.8 Å². The Morgan fingerprint density at radius 3 is 2.65 bits per heavy atom. The first-order valence-electron chi connectivity index (χ1n) is 5.54. The summed E-state index contributed by atoms with van der Waals surface area (Å²) in [5.41, 5.74) is -0.765. The molecule has 2 aromatic heterocycles. The molecule has 104 valence electrons. The second-order valence-electron chi connectivity index (χ2n) is 4.17. The predicted octanol–water partition coefficient (Wildman–Crippen LogP) is 3.92. The highest BCUT2D eigenvalue weighted by molar-refractivity contribution is 7.16. The molecular weight excluding hydrogens is 294 g/mol. The van der Waals surface area contributed by atoms with Crippen molar-refractivity contribution in [1.82, 2.24) is 14.6 Å². The van der Waals surface area contributed by atoms with Crippen molar-refractivity contribution in [3.8, 4) is 11.3 Å². The summed E-state index contributed by atoms with van der Waals surface area (Å²) in [6.45, 7) is 1.80. The van der Waals surface area contributed by atoms with Crippen LogP contribution in [-0.2, 0) is 6.18 Å². The summed E-state index contributed by atoms with van der Waals surface area (Å²) in [5, 5.41) is 4.92. The molecule has 0 aliphatic heterocycles. The van der Waals surface area contributed by atoms with Crippen molar-refractivity contribution in [2.45, 2.75) is 13.1 Å². The molecule has 3 nitrogen and oxygen atoms in total. The monoisotopic (exact) mass is 301 g/mol. The topological polar surface area (TPSA) is 30.2 Å². The molecule has 0 amide bonds. The zero-order valence-corrected chi connectivity index (χ0v) is 10.9. The third-order valence-electron chi connectivity index (χ3n) is 2.71. The van der Waals surface area contributed by atoms with Crippen molar-refractivity contribution in [1.29, 1.82) is 0 Å². The molecule has 0 saturated heterocycles. The summed E-state index contributed by atoms with van der Waals surface area (Å²) in [6, 6.07) is 2.82. The maximum atomic E-state index is 13.2. The van der Waals surface area contributed by atoms with Crippen LogP contribution in [0.1, 0.15) is 10.6 Å². The highest BCUT2D eigenvalue weighted by atomic mass is 32.1. The van der Waals surface area contributed by atoms with Gasteiger partial charge in [0.15, 0.2) is 0 Å². The minimum atomic E-state index is -4.73. The summed E-state index contributed by atoms with van der Waals surface area (Å²) < 4.78 is 52.7. The van der Waals surface area contributed by atoms with Gasteiger partial charge < -0.3 is 0 Å². The van der Waals surface area contributed by atoms with Crippen LogP contribution in [0.15, 0.2) is 24.4 Å². The molecule has 1 aromatic carbocycles. The maximum Gasteiger partial charge on any atom is 0.419 e. The first-order chi connectivity index (χ1) is 9.34. The van der Waals surface area contributed by atoms with Crippen molar-refractivity contribution in [3.63, 3.8) is 0 Å². The van der Waals surface area contributed by atoms with Crippen LogP contribution in [0.5, 0.6) is 0 Å². The molecule has 2 heterocycles. The lowest BCUT2D eigenvalue weighted by molar-refractivity contribution is -0.139. The van der Waals surface area contributed by atoms with Gasteiger partial charge in [0.25, 0.3) is 0 Å². The molecule has 0 saturated carbocycles. The minimum absolute atomic E-state index is 0.203. The molecule has 0 radical (unpaired) electrons. The summed E-state index contributed by atoms with van der Waals surface area (Å²) in [5.74, 6) is -1.30. The predicted molar refractivity (Wildman–Crippen MR) is 66.0 cm³/mol. The molecule has 0 fully saturated rings. The first kappa shape index (κ1) is 13.0. The average molecular weight is 301 g/mol. The van der Waals surface area contributed by atoms with E-state index >= 15 is 0 Å². The Morgan fingerprint density at radius 2 is 2.00 bits per heavy atom. The zero-order chi connectivity index (χ0) is 14.5. The number of fused-ring (bicyclic) bond motifs is 1. The van der Waals surface area contributed by atoms with Crippen molar-refractivity contribution in [2.75, 3.05) is 0 Å². The summed E-state index contributed by atoms with van der Waals surface area (Å²) in [4.78, 5) is 4.76. The molecule has 0 bridgehead atoms. The highest BCUT2D eigenvalue weighted by Crippen LogP contribution is 2.34. The summed E-state index contributed by atoms with van der Waals surface area (Å²) in [7, 11) is 0. The summed E-state index contributed by atoms with van der Waals surface area (Å²) >= 11 is 1.32. The van der Waals surface area contributed by atoms with Crippen LogP contribution < -0.4 is 0 Å². The van der Waals surface area contributed by atoms with Crippen molar-refractivity contribution < 1.29 is 17.6 Å². The van der Waals surface area contributed by atoms with Gasteiger partial charge in [0, 0.05) is 5.56 Å². The van der Waals surface area contributed by atoms with Gasteiger partial charge in [-0.3, -0.25) is 0 Å². The van der Waals surface area contributed by atoms with Gasteiger partial charge in [-0.15, -0.1) is 0 Å². The Bertz CT molecular complexity index is 756. The third kappa shape index (κ3) is 2.15. The van der Waals surface area contributed by atoms with Gasteiger partial charge >= 0.3 is 6.18 Å². The molecule has 8 heteroatoms. The highest BCUT2D eigenvalue weighted by Gasteiger charge is 2.34. The van der Waals surface area contributed by atoms with E-state index in [2.05, 4.69) is 10.1 Å². The molecule has 3 aromatic rings. The van der Waals surface area contributed by atoms with E-state index in [0.717, 1.165) is 17.1 Å². The second kappa shape index (κ2) is 4.27. The lowest BCUT2D eigenvalue weighted by Crippen LogP contribution is -2.08. The van der Waals surface area contributed by atoms with Crippen LogP contribution >= 0.6 is 11.3 Å². The van der Waals surface area contributed by atoms with E-state index in [-0.39, 0.29) is 5.56 Å². The molecule has 0 N–H and O–H groups in total. The number of imidazole rings is 1. The number of alkyl halides is 3. The van der Waals surface area contributed by atoms with Crippen LogP contribution in [0, 0.1) is 12.7 Å². The molecule has 20 heavy (non-hydrogen) atoms. The number of rotatable bonds is 1. The van der Waals surface area contributed by atoms with Gasteiger partial charge in [0.05, 0.1) is 17.5 Å². The van der Waals surface area contributed by atoms with Crippen LogP contribution in [0.25, 0.3) is 16.2 Å². The van der Waals surface area contributed by atoms with Crippen LogP contribution in [0.3, 0.4) is 0 Å². The quantitative estimate of drug-likeness (QED) is 0.638. The van der Waals surface area contributed by atoms with Gasteiger partial charge in [0.2, 0.25) is 4.96 Å². The van der Waals surface area contributed by atoms with Gasteiger partial charge in [-0.2, -0.15) is 18.3 Å². The maximum absolute atomic E-state index is 13.2. The number of nitrogens with zero attached hydrogens (tertiary/aromatic N) is 3. The fraction of sp³-hybridized carbons (Fsp3) is 0.167. The van der Waals surface area contributed by atoms with Crippen LogP contribution in [-0.4, -0.2) is 14.6 Å². The number of aryl methyl sites for hydroxylation is 1. The standard InChI is InChI=1S/C12H7F4N3S/c1-6-18-19-5-10(17-11(19)20-6)7-2-3-9(13)8(4-7)12(14,15)16/h2-5H,1H3. The lowest BCUT2D eigenvalue weighted by Gasteiger charge is -2.08. The fourth-order valence-corrected chi connectivity index (χ4v) is 2.56. The van der Waals surface area contributed by atoms with E-state index < -0.39 is 17.6 Å². The number of hydrogen-bond donors (Lipinski definition) is 0. The van der Waals surface area contributed by atoms with Gasteiger partial charge in [-0.25, -0.2) is 13.9 Å². The normalized spacial score (nSPS) is 12.2. The van der Waals surface area contributed by atoms with E-state index in [4.69, 9.17) is 0 Å². The molecule has 0 unspecified atom stereocenters. The van der Waals surface area contributed by atoms with E-state index in [0.29, 0.717) is 10.7 Å². The SMILES string of the molecule is Cc1nn2cc(-c3ccc(F)c(C(F)(F)F)c3)nc2s1. The molecule has 0 atom stereocenters. The smallest absolute Gasteiger partial charge is 0.217 e. The van der Waals surface area contributed by atoms with E-state index in [1.54, 1.807) is 6.92 Å². The van der Waals surface area contributed by atoms with E-state index in [1.807, 2.05) is 0 Å². The second-order valence-corrected chi connectivity index (χ2v) is 5.33.